The molecule has 2 aliphatic rings. The van der Waals surface area contributed by atoms with Gasteiger partial charge >= 0.3 is 6.18 Å². The number of nitrogens with zero attached hydrogens (tertiary/aromatic N) is 3. The van der Waals surface area contributed by atoms with Crippen LogP contribution in [0.1, 0.15) is 16.7 Å². The Kier molecular flexibility index (Phi) is 6.97. The highest BCUT2D eigenvalue weighted by molar-refractivity contribution is 5.86. The first-order chi connectivity index (χ1) is 16.2. The second-order valence-electron chi connectivity index (χ2n) is 8.80. The molecule has 2 aliphatic heterocycles. The highest BCUT2D eigenvalue weighted by Gasteiger charge is 2.48. The molecule has 0 aliphatic carbocycles. The largest absolute Gasteiger partial charge is 0.447 e. The van der Waals surface area contributed by atoms with Crippen LogP contribution in [-0.2, 0) is 21.6 Å². The SMILES string of the molecule is CN(C)CCN1CCN(C2(c3ccc(C(F)(F)F)cc3)NC(C=O)=C(c3ccccc3)O2)CC1. The summed E-state index contributed by atoms with van der Waals surface area (Å²) in [4.78, 5) is 18.5. The Bertz CT molecular complexity index is 1020. The number of rotatable bonds is 7. The number of allylic oxidation sites excluding steroid dienone is 1. The Balaban J connectivity index is 1.65. The van der Waals surface area contributed by atoms with Crippen molar-refractivity contribution in [2.75, 3.05) is 53.4 Å². The van der Waals surface area contributed by atoms with Crippen LogP contribution in [0, 0.1) is 0 Å². The van der Waals surface area contributed by atoms with Gasteiger partial charge in [-0.3, -0.25) is 9.69 Å². The second-order valence-corrected chi connectivity index (χ2v) is 8.80. The highest BCUT2D eigenvalue weighted by atomic mass is 19.4. The number of alkyl halides is 3. The summed E-state index contributed by atoms with van der Waals surface area (Å²) in [6.07, 6.45) is -3.74. The summed E-state index contributed by atoms with van der Waals surface area (Å²) >= 11 is 0. The van der Waals surface area contributed by atoms with Crippen molar-refractivity contribution < 1.29 is 22.7 Å². The van der Waals surface area contributed by atoms with E-state index in [-0.39, 0.29) is 5.70 Å². The van der Waals surface area contributed by atoms with Gasteiger partial charge in [-0.05, 0) is 26.2 Å². The van der Waals surface area contributed by atoms with Crippen molar-refractivity contribution in [1.29, 1.82) is 0 Å². The lowest BCUT2D eigenvalue weighted by Gasteiger charge is -2.45. The number of carbonyl (C=O) groups is 1. The van der Waals surface area contributed by atoms with Crippen LogP contribution < -0.4 is 5.32 Å². The van der Waals surface area contributed by atoms with E-state index in [0.29, 0.717) is 30.7 Å². The van der Waals surface area contributed by atoms with Crippen molar-refractivity contribution in [2.24, 2.45) is 0 Å². The lowest BCUT2D eigenvalue weighted by atomic mass is 10.0. The number of halogens is 3. The van der Waals surface area contributed by atoms with Crippen molar-refractivity contribution in [3.05, 3.63) is 77.0 Å². The van der Waals surface area contributed by atoms with Gasteiger partial charge in [-0.2, -0.15) is 13.2 Å². The summed E-state index contributed by atoms with van der Waals surface area (Å²) in [7, 11) is 4.06. The summed E-state index contributed by atoms with van der Waals surface area (Å²) in [5.74, 6) is -0.898. The third-order valence-corrected chi connectivity index (χ3v) is 6.24. The standard InChI is InChI=1S/C25H29F3N4O2/c1-30(2)12-13-31-14-16-32(17-15-31)25(21-10-8-20(9-11-21)24(26,27)28)29-22(18-33)23(34-25)19-6-4-3-5-7-19/h3-11,18,29H,12-17H2,1-2H3. The summed E-state index contributed by atoms with van der Waals surface area (Å²) in [5.41, 5.74) is 0.758. The molecule has 182 valence electrons. The number of hydrogen-bond donors (Lipinski definition) is 1. The Morgan fingerprint density at radius 2 is 1.68 bits per heavy atom. The molecule has 1 fully saturated rings. The van der Waals surface area contributed by atoms with Crippen LogP contribution in [0.25, 0.3) is 5.76 Å². The van der Waals surface area contributed by atoms with Crippen molar-refractivity contribution in [2.45, 2.75) is 12.0 Å². The molecule has 6 nitrogen and oxygen atoms in total. The molecule has 1 N–H and O–H groups in total. The summed E-state index contributed by atoms with van der Waals surface area (Å²) in [6.45, 7) is 4.66. The summed E-state index contributed by atoms with van der Waals surface area (Å²) < 4.78 is 46.1. The van der Waals surface area contributed by atoms with Crippen molar-refractivity contribution in [3.8, 4) is 0 Å². The van der Waals surface area contributed by atoms with Gasteiger partial charge in [-0.15, -0.1) is 0 Å². The van der Waals surface area contributed by atoms with Gasteiger partial charge < -0.3 is 15.0 Å². The zero-order chi connectivity index (χ0) is 24.3. The van der Waals surface area contributed by atoms with Gasteiger partial charge in [0.15, 0.2) is 12.0 Å². The molecule has 0 bridgehead atoms. The number of hydrogen-bond acceptors (Lipinski definition) is 6. The van der Waals surface area contributed by atoms with Crippen molar-refractivity contribution in [1.82, 2.24) is 20.0 Å². The van der Waals surface area contributed by atoms with E-state index >= 15 is 0 Å². The lowest BCUT2D eigenvalue weighted by molar-refractivity contribution is -0.139. The number of piperazine rings is 1. The maximum absolute atomic E-state index is 13.2. The predicted molar refractivity (Wildman–Crippen MR) is 123 cm³/mol. The Hall–Kier alpha value is -2.88. The first kappa shape index (κ1) is 24.3. The molecular formula is C25H29F3N4O2. The van der Waals surface area contributed by atoms with Crippen LogP contribution in [0.2, 0.25) is 0 Å². The Labute approximate surface area is 197 Å². The van der Waals surface area contributed by atoms with E-state index in [1.54, 1.807) is 0 Å². The topological polar surface area (TPSA) is 48.0 Å². The molecule has 2 heterocycles. The monoisotopic (exact) mass is 474 g/mol. The van der Waals surface area contributed by atoms with Crippen LogP contribution in [0.5, 0.6) is 0 Å². The quantitative estimate of drug-likeness (QED) is 0.623. The zero-order valence-electron chi connectivity index (χ0n) is 19.3. The fourth-order valence-electron chi connectivity index (χ4n) is 4.32. The minimum absolute atomic E-state index is 0.265. The molecule has 9 heteroatoms. The molecule has 1 saturated heterocycles. The molecule has 0 aromatic heterocycles. The van der Waals surface area contributed by atoms with Crippen LogP contribution in [0.15, 0.2) is 60.3 Å². The van der Waals surface area contributed by atoms with Gasteiger partial charge in [-0.1, -0.05) is 42.5 Å². The molecular weight excluding hydrogens is 445 g/mol. The minimum atomic E-state index is -4.44. The molecule has 2 aromatic carbocycles. The summed E-state index contributed by atoms with van der Waals surface area (Å²) in [5, 5.41) is 3.22. The van der Waals surface area contributed by atoms with Gasteiger partial charge in [0.2, 0.25) is 0 Å². The average Bonchev–Trinajstić information content (AvgIpc) is 3.24. The molecule has 0 radical (unpaired) electrons. The van der Waals surface area contributed by atoms with Crippen LogP contribution in [-0.4, -0.2) is 74.3 Å². The normalized spacial score (nSPS) is 22.1. The number of ether oxygens (including phenoxy) is 1. The van der Waals surface area contributed by atoms with Gasteiger partial charge in [0.05, 0.1) is 5.56 Å². The van der Waals surface area contributed by atoms with E-state index < -0.39 is 17.6 Å². The first-order valence-electron chi connectivity index (χ1n) is 11.2. The molecule has 0 amide bonds. The lowest BCUT2D eigenvalue weighted by Crippen LogP contribution is -2.61. The number of carbonyl (C=O) groups excluding carboxylic acids is 1. The first-order valence-corrected chi connectivity index (χ1v) is 11.2. The van der Waals surface area contributed by atoms with E-state index in [0.717, 1.165) is 43.9 Å². The van der Waals surface area contributed by atoms with E-state index in [2.05, 4.69) is 20.0 Å². The van der Waals surface area contributed by atoms with Gasteiger partial charge in [0.1, 0.15) is 5.70 Å². The molecule has 4 rings (SSSR count). The summed E-state index contributed by atoms with van der Waals surface area (Å²) in [6, 6.07) is 14.2. The number of benzene rings is 2. The average molecular weight is 475 g/mol. The molecule has 34 heavy (non-hydrogen) atoms. The number of aldehydes is 1. The van der Waals surface area contributed by atoms with Crippen LogP contribution >= 0.6 is 0 Å². The maximum atomic E-state index is 13.2. The highest BCUT2D eigenvalue weighted by Crippen LogP contribution is 2.41. The Morgan fingerprint density at radius 1 is 1.03 bits per heavy atom. The molecule has 1 unspecified atom stereocenters. The van der Waals surface area contributed by atoms with Crippen LogP contribution in [0.3, 0.4) is 0 Å². The molecule has 2 aromatic rings. The fourth-order valence-corrected chi connectivity index (χ4v) is 4.32. The van der Waals surface area contributed by atoms with E-state index in [1.165, 1.54) is 12.1 Å². The molecule has 1 atom stereocenters. The fraction of sp³-hybridized carbons (Fsp3) is 0.400. The van der Waals surface area contributed by atoms with Gasteiger partial charge in [0.25, 0.3) is 5.85 Å². The third kappa shape index (κ3) is 4.96. The second kappa shape index (κ2) is 9.77. The smallest absolute Gasteiger partial charge is 0.416 e. The van der Waals surface area contributed by atoms with Crippen LogP contribution in [0.4, 0.5) is 13.2 Å². The molecule has 0 saturated carbocycles. The van der Waals surface area contributed by atoms with Crippen molar-refractivity contribution in [3.63, 3.8) is 0 Å². The van der Waals surface area contributed by atoms with E-state index in [4.69, 9.17) is 4.74 Å². The van der Waals surface area contributed by atoms with Gasteiger partial charge in [-0.25, -0.2) is 4.90 Å². The number of likely N-dealkylation sites (N-methyl/N-ethyl adjacent to an activating group) is 1. The zero-order valence-corrected chi connectivity index (χ0v) is 19.3. The van der Waals surface area contributed by atoms with E-state index in [9.17, 15) is 18.0 Å². The van der Waals surface area contributed by atoms with Crippen molar-refractivity contribution >= 4 is 12.0 Å². The maximum Gasteiger partial charge on any atom is 0.416 e. The minimum Gasteiger partial charge on any atom is -0.447 e. The number of nitrogens with one attached hydrogen (secondary N) is 1. The predicted octanol–water partition coefficient (Wildman–Crippen LogP) is 3.18. The Morgan fingerprint density at radius 3 is 2.24 bits per heavy atom. The van der Waals surface area contributed by atoms with E-state index in [1.807, 2.05) is 44.4 Å². The molecule has 0 spiro atoms. The van der Waals surface area contributed by atoms with Gasteiger partial charge in [0, 0.05) is 50.4 Å². The third-order valence-electron chi connectivity index (χ3n) is 6.24.